The Bertz CT molecular complexity index is 457. The maximum atomic E-state index is 7.41. The molecule has 0 saturated carbocycles. The molecule has 0 unspecified atom stereocenters. The van der Waals surface area contributed by atoms with Crippen molar-refractivity contribution in [3.05, 3.63) is 48.0 Å². The monoisotopic (exact) mass is 370 g/mol. The van der Waals surface area contributed by atoms with Crippen molar-refractivity contribution in [2.24, 2.45) is 0 Å². The number of rotatable bonds is 0. The second-order valence-electron chi connectivity index (χ2n) is 3.01. The summed E-state index contributed by atoms with van der Waals surface area (Å²) in [5.41, 5.74) is 1.32. The van der Waals surface area contributed by atoms with Crippen molar-refractivity contribution in [2.45, 2.75) is 6.92 Å². The van der Waals surface area contributed by atoms with Crippen molar-refractivity contribution in [3.63, 3.8) is 0 Å². The summed E-state index contributed by atoms with van der Waals surface area (Å²) in [5.74, 6) is 0. The van der Waals surface area contributed by atoms with Crippen LogP contribution >= 0.6 is 0 Å². The third kappa shape index (κ3) is 3.12. The summed E-state index contributed by atoms with van der Waals surface area (Å²) in [4.78, 5) is 0. The molecule has 0 heterocycles. The molecule has 14 heavy (non-hydrogen) atoms. The quantitative estimate of drug-likeness (QED) is 0.655. The molecule has 0 aliphatic carbocycles. The molecule has 0 spiro atoms. The second kappa shape index (κ2) is 5.77. The van der Waals surface area contributed by atoms with Gasteiger partial charge in [-0.25, -0.2) is 0 Å². The Morgan fingerprint density at radius 3 is 2.29 bits per heavy atom. The number of nitriles is 1. The van der Waals surface area contributed by atoms with E-state index in [4.69, 9.17) is 5.26 Å². The fraction of sp³-hybridized carbons (Fsp3) is 0.0833. The average molecular weight is 369 g/mol. The zero-order valence-electron chi connectivity index (χ0n) is 8.20. The van der Waals surface area contributed by atoms with Crippen LogP contribution in [0.25, 0.3) is 10.8 Å². The Kier molecular flexibility index (Phi) is 4.62. The Labute approximate surface area is 100 Å². The Morgan fingerprint density at radius 2 is 1.64 bits per heavy atom. The molecule has 0 aromatic heterocycles. The van der Waals surface area contributed by atoms with Crippen LogP contribution in [0.1, 0.15) is 5.56 Å². The van der Waals surface area contributed by atoms with Gasteiger partial charge in [0, 0.05) is 0 Å². The van der Waals surface area contributed by atoms with Crippen LogP contribution in [0.3, 0.4) is 0 Å². The summed E-state index contributed by atoms with van der Waals surface area (Å²) in [5, 5.41) is 10.0. The summed E-state index contributed by atoms with van der Waals surface area (Å²) >= 11 is 0.372. The number of benzene rings is 2. The topological polar surface area (TPSA) is 23.8 Å². The van der Waals surface area contributed by atoms with Crippen LogP contribution in [0.5, 0.6) is 0 Å². The van der Waals surface area contributed by atoms with Gasteiger partial charge in [0.05, 0.1) is 0 Å². The fourth-order valence-electron chi connectivity index (χ4n) is 1.31. The maximum absolute atomic E-state index is 7.41. The first-order chi connectivity index (χ1) is 6.77. The Hall–Kier alpha value is -0.875. The molecule has 0 N–H and O–H groups in total. The van der Waals surface area contributed by atoms with Gasteiger partial charge in [0.15, 0.2) is 0 Å². The SMILES string of the molecule is Cc1ccc2ccccc2c1.N#[C][Hg]. The minimum atomic E-state index is 0.372. The van der Waals surface area contributed by atoms with Crippen molar-refractivity contribution < 1.29 is 26.1 Å². The number of hydrogen-bond donors (Lipinski definition) is 0. The molecule has 2 heteroatoms. The van der Waals surface area contributed by atoms with Gasteiger partial charge < -0.3 is 0 Å². The van der Waals surface area contributed by atoms with Crippen molar-refractivity contribution >= 4 is 10.8 Å². The van der Waals surface area contributed by atoms with Crippen molar-refractivity contribution in [1.29, 1.82) is 5.26 Å². The van der Waals surface area contributed by atoms with E-state index in [0.717, 1.165) is 0 Å². The van der Waals surface area contributed by atoms with E-state index in [9.17, 15) is 0 Å². The van der Waals surface area contributed by atoms with E-state index < -0.39 is 0 Å². The van der Waals surface area contributed by atoms with Gasteiger partial charge in [-0.05, 0) is 17.7 Å². The molecule has 0 amide bonds. The minimum absolute atomic E-state index is 0.372. The van der Waals surface area contributed by atoms with E-state index in [1.54, 1.807) is 0 Å². The molecule has 0 bridgehead atoms. The van der Waals surface area contributed by atoms with Gasteiger partial charge in [-0.15, -0.1) is 0 Å². The zero-order chi connectivity index (χ0) is 10.4. The number of fused-ring (bicyclic) bond motifs is 1. The van der Waals surface area contributed by atoms with E-state index in [2.05, 4.69) is 49.4 Å². The predicted octanol–water partition coefficient (Wildman–Crippen LogP) is 3.16. The van der Waals surface area contributed by atoms with E-state index in [0.29, 0.717) is 26.1 Å². The molecule has 0 atom stereocenters. The van der Waals surface area contributed by atoms with E-state index >= 15 is 0 Å². The molecule has 2 rings (SSSR count). The summed E-state index contributed by atoms with van der Waals surface area (Å²) in [6, 6.07) is 14.9. The summed E-state index contributed by atoms with van der Waals surface area (Å²) in [6.07, 6.45) is 0. The molecule has 2 aromatic carbocycles. The van der Waals surface area contributed by atoms with Gasteiger partial charge in [-0.3, -0.25) is 0 Å². The van der Waals surface area contributed by atoms with Gasteiger partial charge in [-0.1, -0.05) is 48.0 Å². The molecule has 0 aliphatic rings. The summed E-state index contributed by atoms with van der Waals surface area (Å²) in [7, 11) is 0. The normalized spacial score (nSPS) is 8.71. The number of nitrogens with zero attached hydrogens (tertiary/aromatic N) is 1. The van der Waals surface area contributed by atoms with Gasteiger partial charge in [0.2, 0.25) is 0 Å². The molecule has 1 nitrogen and oxygen atoms in total. The van der Waals surface area contributed by atoms with Crippen molar-refractivity contribution in [2.75, 3.05) is 0 Å². The van der Waals surface area contributed by atoms with E-state index in [1.165, 1.54) is 16.3 Å². The second-order valence-corrected chi connectivity index (χ2v) is 4.24. The van der Waals surface area contributed by atoms with Crippen LogP contribution in [0.4, 0.5) is 0 Å². The summed E-state index contributed by atoms with van der Waals surface area (Å²) in [6.45, 7) is 2.12. The van der Waals surface area contributed by atoms with Crippen LogP contribution in [0.15, 0.2) is 42.5 Å². The molecule has 2 aromatic rings. The van der Waals surface area contributed by atoms with Crippen LogP contribution < -0.4 is 0 Å². The first-order valence-corrected chi connectivity index (χ1v) is 7.14. The third-order valence-corrected chi connectivity index (χ3v) is 1.90. The molecular weight excluding hydrogens is 359 g/mol. The van der Waals surface area contributed by atoms with Gasteiger partial charge >= 0.3 is 35.0 Å². The van der Waals surface area contributed by atoms with Gasteiger partial charge in [0.25, 0.3) is 0 Å². The fourth-order valence-corrected chi connectivity index (χ4v) is 1.31. The van der Waals surface area contributed by atoms with Crippen LogP contribution in [0.2, 0.25) is 0 Å². The molecular formula is C12H10HgN. The molecule has 0 saturated heterocycles. The molecule has 0 radical (unpaired) electrons. The average Bonchev–Trinajstić information content (AvgIpc) is 2.19. The molecule has 0 aliphatic heterocycles. The number of aryl methyl sites for hydroxylation is 1. The first-order valence-electron chi connectivity index (χ1n) is 4.39. The molecule has 65 valence electrons. The zero-order valence-corrected chi connectivity index (χ0v) is 13.7. The number of hydrogen-bond acceptors (Lipinski definition) is 1. The van der Waals surface area contributed by atoms with E-state index in [-0.39, 0.29) is 0 Å². The van der Waals surface area contributed by atoms with Gasteiger partial charge in [-0.2, -0.15) is 0 Å². The van der Waals surface area contributed by atoms with Crippen molar-refractivity contribution in [3.8, 4) is 3.58 Å². The van der Waals surface area contributed by atoms with Crippen molar-refractivity contribution in [1.82, 2.24) is 0 Å². The standard InChI is InChI=1S/C11H10.CN.Hg/c1-9-6-7-10-4-2-3-5-11(10)8-9;1-2;/h2-8H,1H3;;. The van der Waals surface area contributed by atoms with Crippen LogP contribution in [-0.4, -0.2) is 0 Å². The Morgan fingerprint density at radius 1 is 1.07 bits per heavy atom. The van der Waals surface area contributed by atoms with Gasteiger partial charge in [0.1, 0.15) is 0 Å². The predicted molar refractivity (Wildman–Crippen MR) is 54.3 cm³/mol. The summed E-state index contributed by atoms with van der Waals surface area (Å²) < 4.78 is 1.94. The molecule has 0 fully saturated rings. The Balaban J connectivity index is 0.000000293. The first kappa shape index (κ1) is 11.2. The van der Waals surface area contributed by atoms with Crippen LogP contribution in [0, 0.1) is 15.8 Å². The third-order valence-electron chi connectivity index (χ3n) is 1.90. The van der Waals surface area contributed by atoms with E-state index in [1.807, 2.05) is 3.58 Å². The van der Waals surface area contributed by atoms with Crippen LogP contribution in [-0.2, 0) is 26.1 Å².